The Kier molecular flexibility index (Phi) is 7.29. The Morgan fingerprint density at radius 3 is 2.44 bits per heavy atom. The summed E-state index contributed by atoms with van der Waals surface area (Å²) in [6.45, 7) is 2.46. The second-order valence-corrected chi connectivity index (χ2v) is 8.28. The molecule has 0 saturated carbocycles. The van der Waals surface area contributed by atoms with Gasteiger partial charge < -0.3 is 10.6 Å². The number of aromatic nitrogens is 3. The van der Waals surface area contributed by atoms with Crippen molar-refractivity contribution in [3.8, 4) is 11.4 Å². The van der Waals surface area contributed by atoms with Crippen molar-refractivity contribution in [2.75, 3.05) is 11.9 Å². The molecule has 4 aromatic rings. The summed E-state index contributed by atoms with van der Waals surface area (Å²) in [5.74, 6) is 0.0228. The zero-order valence-corrected chi connectivity index (χ0v) is 19.6. The fourth-order valence-corrected chi connectivity index (χ4v) is 3.77. The number of H-pyrrole nitrogens is 1. The zero-order chi connectivity index (χ0) is 23.9. The van der Waals surface area contributed by atoms with Gasteiger partial charge in [-0.3, -0.25) is 19.3 Å². The lowest BCUT2D eigenvalue weighted by molar-refractivity contribution is -0.116. The summed E-state index contributed by atoms with van der Waals surface area (Å²) in [6.07, 6.45) is 0.724. The average Bonchev–Trinajstić information content (AvgIpc) is 3.20. The molecule has 0 aliphatic heterocycles. The van der Waals surface area contributed by atoms with Crippen molar-refractivity contribution < 1.29 is 9.59 Å². The van der Waals surface area contributed by atoms with Gasteiger partial charge in [0.1, 0.15) is 6.54 Å². The van der Waals surface area contributed by atoms with Crippen molar-refractivity contribution in [3.63, 3.8) is 0 Å². The minimum absolute atomic E-state index is 0.0392. The normalized spacial score (nSPS) is 10.6. The van der Waals surface area contributed by atoms with E-state index in [4.69, 9.17) is 12.2 Å². The molecule has 0 bridgehead atoms. The Labute approximate surface area is 202 Å². The maximum absolute atomic E-state index is 12.9. The van der Waals surface area contributed by atoms with Crippen molar-refractivity contribution >= 4 is 29.7 Å². The van der Waals surface area contributed by atoms with Gasteiger partial charge in [-0.25, -0.2) is 0 Å². The van der Waals surface area contributed by atoms with Crippen LogP contribution in [0.15, 0.2) is 78.9 Å². The standard InChI is InChI=1S/C26H25N5O2S/c1-18-11-13-20(14-12-18)24-29-30-26(34)31(24)17-23(32)28-22-10-6-5-9-21(22)25(33)27-16-15-19-7-3-2-4-8-19/h2-14H,15-17H2,1H3,(H,27,33)(H,28,32)(H,30,34). The lowest BCUT2D eigenvalue weighted by Crippen LogP contribution is -2.27. The number of amides is 2. The predicted octanol–water partition coefficient (Wildman–Crippen LogP) is 4.53. The Morgan fingerprint density at radius 1 is 0.971 bits per heavy atom. The van der Waals surface area contributed by atoms with Crippen molar-refractivity contribution in [3.05, 3.63) is 100 Å². The molecule has 0 aliphatic carbocycles. The number of para-hydroxylation sites is 1. The van der Waals surface area contributed by atoms with Gasteiger partial charge in [0.15, 0.2) is 10.6 Å². The highest BCUT2D eigenvalue weighted by Gasteiger charge is 2.16. The molecule has 0 aliphatic rings. The van der Waals surface area contributed by atoms with Crippen LogP contribution in [0.5, 0.6) is 0 Å². The molecule has 1 heterocycles. The molecular formula is C26H25N5O2S. The molecule has 0 saturated heterocycles. The van der Waals surface area contributed by atoms with Crippen LogP contribution in [0.4, 0.5) is 5.69 Å². The van der Waals surface area contributed by atoms with Gasteiger partial charge in [0.25, 0.3) is 5.91 Å². The van der Waals surface area contributed by atoms with Crippen LogP contribution in [-0.2, 0) is 17.8 Å². The third-order valence-electron chi connectivity index (χ3n) is 5.36. The van der Waals surface area contributed by atoms with Gasteiger partial charge in [0, 0.05) is 12.1 Å². The Balaban J connectivity index is 1.43. The minimum atomic E-state index is -0.310. The van der Waals surface area contributed by atoms with Gasteiger partial charge in [0.2, 0.25) is 5.91 Å². The highest BCUT2D eigenvalue weighted by Crippen LogP contribution is 2.19. The van der Waals surface area contributed by atoms with E-state index in [0.717, 1.165) is 23.1 Å². The summed E-state index contributed by atoms with van der Waals surface area (Å²) < 4.78 is 1.98. The largest absolute Gasteiger partial charge is 0.352 e. The van der Waals surface area contributed by atoms with E-state index in [9.17, 15) is 9.59 Å². The molecule has 3 N–H and O–H groups in total. The maximum Gasteiger partial charge on any atom is 0.253 e. The number of nitrogens with zero attached hydrogens (tertiary/aromatic N) is 2. The number of carbonyl (C=O) groups is 2. The first kappa shape index (κ1) is 23.1. The Morgan fingerprint density at radius 2 is 1.68 bits per heavy atom. The number of anilines is 1. The van der Waals surface area contributed by atoms with E-state index in [2.05, 4.69) is 20.8 Å². The van der Waals surface area contributed by atoms with Crippen LogP contribution in [-0.4, -0.2) is 33.1 Å². The monoisotopic (exact) mass is 471 g/mol. The summed E-state index contributed by atoms with van der Waals surface area (Å²) in [4.78, 5) is 25.7. The molecule has 0 spiro atoms. The molecule has 0 fully saturated rings. The molecule has 1 aromatic heterocycles. The fraction of sp³-hybridized carbons (Fsp3) is 0.154. The number of carbonyl (C=O) groups excluding carboxylic acids is 2. The number of rotatable bonds is 8. The second kappa shape index (κ2) is 10.7. The van der Waals surface area contributed by atoms with Crippen molar-refractivity contribution in [1.82, 2.24) is 20.1 Å². The average molecular weight is 472 g/mol. The highest BCUT2D eigenvalue weighted by atomic mass is 32.1. The maximum atomic E-state index is 12.9. The number of nitrogens with one attached hydrogen (secondary N) is 3. The minimum Gasteiger partial charge on any atom is -0.352 e. The number of benzene rings is 3. The Bertz CT molecular complexity index is 1340. The van der Waals surface area contributed by atoms with Crippen LogP contribution in [0.25, 0.3) is 11.4 Å². The molecule has 0 unspecified atom stereocenters. The summed E-state index contributed by atoms with van der Waals surface area (Å²) in [6, 6.07) is 24.7. The van der Waals surface area contributed by atoms with Crippen LogP contribution >= 0.6 is 12.2 Å². The lowest BCUT2D eigenvalue weighted by Gasteiger charge is -2.12. The van der Waals surface area contributed by atoms with Gasteiger partial charge in [-0.05, 0) is 43.3 Å². The SMILES string of the molecule is Cc1ccc(-c2n[nH]c(=S)n2CC(=O)Nc2ccccc2C(=O)NCCc2ccccc2)cc1. The first-order valence-electron chi connectivity index (χ1n) is 10.9. The smallest absolute Gasteiger partial charge is 0.253 e. The molecule has 0 atom stereocenters. The predicted molar refractivity (Wildman–Crippen MR) is 135 cm³/mol. The first-order valence-corrected chi connectivity index (χ1v) is 11.4. The third kappa shape index (κ3) is 5.65. The van der Waals surface area contributed by atoms with Gasteiger partial charge in [-0.2, -0.15) is 5.10 Å². The molecule has 8 heteroatoms. The van der Waals surface area contributed by atoms with Crippen LogP contribution < -0.4 is 10.6 Å². The van der Waals surface area contributed by atoms with Crippen molar-refractivity contribution in [1.29, 1.82) is 0 Å². The second-order valence-electron chi connectivity index (χ2n) is 7.89. The van der Waals surface area contributed by atoms with Gasteiger partial charge in [-0.15, -0.1) is 0 Å². The molecule has 2 amide bonds. The topological polar surface area (TPSA) is 91.8 Å². The van der Waals surface area contributed by atoms with Crippen LogP contribution in [0.3, 0.4) is 0 Å². The van der Waals surface area contributed by atoms with Crippen LogP contribution in [0.1, 0.15) is 21.5 Å². The van der Waals surface area contributed by atoms with Gasteiger partial charge in [0.05, 0.1) is 11.3 Å². The van der Waals surface area contributed by atoms with Crippen molar-refractivity contribution in [2.45, 2.75) is 19.9 Å². The fourth-order valence-electron chi connectivity index (χ4n) is 3.57. The molecule has 4 rings (SSSR count). The van der Waals surface area contributed by atoms with Crippen LogP contribution in [0, 0.1) is 11.7 Å². The quantitative estimate of drug-likeness (QED) is 0.329. The summed E-state index contributed by atoms with van der Waals surface area (Å²) in [5, 5.41) is 12.8. The van der Waals surface area contributed by atoms with Crippen LogP contribution in [0.2, 0.25) is 0 Å². The van der Waals surface area contributed by atoms with E-state index in [-0.39, 0.29) is 18.4 Å². The summed E-state index contributed by atoms with van der Waals surface area (Å²) >= 11 is 5.34. The number of hydrogen-bond acceptors (Lipinski definition) is 4. The molecule has 3 aromatic carbocycles. The van der Waals surface area contributed by atoms with E-state index in [0.29, 0.717) is 28.4 Å². The Hall–Kier alpha value is -4.04. The molecular weight excluding hydrogens is 446 g/mol. The first-order chi connectivity index (χ1) is 16.5. The molecule has 0 radical (unpaired) electrons. The summed E-state index contributed by atoms with van der Waals surface area (Å²) in [7, 11) is 0. The van der Waals surface area contributed by atoms with Crippen molar-refractivity contribution in [2.24, 2.45) is 0 Å². The van der Waals surface area contributed by atoms with E-state index < -0.39 is 0 Å². The lowest BCUT2D eigenvalue weighted by atomic mass is 10.1. The molecule has 7 nitrogen and oxygen atoms in total. The van der Waals surface area contributed by atoms with E-state index >= 15 is 0 Å². The summed E-state index contributed by atoms with van der Waals surface area (Å²) in [5.41, 5.74) is 3.96. The third-order valence-corrected chi connectivity index (χ3v) is 5.67. The highest BCUT2D eigenvalue weighted by molar-refractivity contribution is 7.71. The zero-order valence-electron chi connectivity index (χ0n) is 18.7. The number of hydrogen-bond donors (Lipinski definition) is 3. The van der Waals surface area contributed by atoms with Gasteiger partial charge >= 0.3 is 0 Å². The van der Waals surface area contributed by atoms with E-state index in [1.54, 1.807) is 28.8 Å². The number of aromatic amines is 1. The van der Waals surface area contributed by atoms with Gasteiger partial charge in [-0.1, -0.05) is 72.3 Å². The molecule has 172 valence electrons. The van der Waals surface area contributed by atoms with E-state index in [1.165, 1.54) is 0 Å². The molecule has 34 heavy (non-hydrogen) atoms. The number of aryl methyl sites for hydroxylation is 1. The van der Waals surface area contributed by atoms with E-state index in [1.807, 2.05) is 61.5 Å².